The van der Waals surface area contributed by atoms with Gasteiger partial charge in [-0.15, -0.1) is 0 Å². The minimum Gasteiger partial charge on any atom is -0.326 e. The number of H-pyrrole nitrogens is 1. The van der Waals surface area contributed by atoms with Crippen LogP contribution in [0.25, 0.3) is 0 Å². The zero-order valence-electron chi connectivity index (χ0n) is 16.9. The zero-order valence-corrected chi connectivity index (χ0v) is 16.9. The minimum absolute atomic E-state index is 0.0189. The molecule has 1 aliphatic heterocycles. The highest BCUT2D eigenvalue weighted by atomic mass is 19.1. The van der Waals surface area contributed by atoms with E-state index >= 15 is 0 Å². The van der Waals surface area contributed by atoms with E-state index in [0.29, 0.717) is 11.4 Å². The number of rotatable bonds is 4. The third kappa shape index (κ3) is 4.30. The molecule has 1 aliphatic rings. The van der Waals surface area contributed by atoms with Crippen LogP contribution in [-0.2, 0) is 9.59 Å². The van der Waals surface area contributed by atoms with Crippen molar-refractivity contribution in [2.75, 3.05) is 16.0 Å². The quantitative estimate of drug-likeness (QED) is 0.516. The average molecular weight is 421 g/mol. The molecule has 0 aliphatic carbocycles. The van der Waals surface area contributed by atoms with Crippen molar-refractivity contribution >= 4 is 35.0 Å². The monoisotopic (exact) mass is 421 g/mol. The first-order valence-corrected chi connectivity index (χ1v) is 9.65. The summed E-state index contributed by atoms with van der Waals surface area (Å²) in [6, 6.07) is 11.1. The van der Waals surface area contributed by atoms with Crippen LogP contribution in [0.5, 0.6) is 0 Å². The lowest BCUT2D eigenvalue weighted by Crippen LogP contribution is -2.36. The molecule has 158 valence electrons. The third-order valence-corrected chi connectivity index (χ3v) is 5.01. The van der Waals surface area contributed by atoms with E-state index in [0.717, 1.165) is 11.1 Å². The fourth-order valence-corrected chi connectivity index (χ4v) is 3.50. The van der Waals surface area contributed by atoms with Gasteiger partial charge in [0.25, 0.3) is 5.56 Å². The van der Waals surface area contributed by atoms with E-state index < -0.39 is 29.1 Å². The SMILES string of the molecule is Cc1ccc(NC(=O)[C@@H]2CC(=O)Nc3nc(Nc4ccc(F)cc4)[nH]c(=O)c32)c(C)c1. The molecular weight excluding hydrogens is 401 g/mol. The predicted octanol–water partition coefficient (Wildman–Crippen LogP) is 3.33. The maximum absolute atomic E-state index is 13.1. The number of fused-ring (bicyclic) bond motifs is 1. The fraction of sp³-hybridized carbons (Fsp3) is 0.182. The van der Waals surface area contributed by atoms with Gasteiger partial charge in [0.05, 0.1) is 11.5 Å². The number of hydrogen-bond acceptors (Lipinski definition) is 5. The number of aryl methyl sites for hydroxylation is 2. The van der Waals surface area contributed by atoms with Crippen molar-refractivity contribution in [3.8, 4) is 0 Å². The summed E-state index contributed by atoms with van der Waals surface area (Å²) in [6.45, 7) is 3.81. The number of aromatic nitrogens is 2. The normalized spacial score (nSPS) is 15.1. The van der Waals surface area contributed by atoms with Gasteiger partial charge in [-0.3, -0.25) is 19.4 Å². The summed E-state index contributed by atoms with van der Waals surface area (Å²) >= 11 is 0. The van der Waals surface area contributed by atoms with Crippen molar-refractivity contribution in [2.24, 2.45) is 0 Å². The lowest BCUT2D eigenvalue weighted by atomic mass is 9.92. The number of aromatic amines is 1. The van der Waals surface area contributed by atoms with Gasteiger partial charge in [0.2, 0.25) is 17.8 Å². The summed E-state index contributed by atoms with van der Waals surface area (Å²) in [6.07, 6.45) is -0.167. The highest BCUT2D eigenvalue weighted by Gasteiger charge is 2.35. The first kappa shape index (κ1) is 20.3. The number of halogens is 1. The Morgan fingerprint density at radius 2 is 1.87 bits per heavy atom. The van der Waals surface area contributed by atoms with Crippen molar-refractivity contribution < 1.29 is 14.0 Å². The summed E-state index contributed by atoms with van der Waals surface area (Å²) in [7, 11) is 0. The molecular formula is C22H20FN5O3. The van der Waals surface area contributed by atoms with Crippen LogP contribution in [0.4, 0.5) is 27.5 Å². The molecule has 4 N–H and O–H groups in total. The zero-order chi connectivity index (χ0) is 22.1. The maximum Gasteiger partial charge on any atom is 0.258 e. The first-order valence-electron chi connectivity index (χ1n) is 9.65. The number of nitrogens with zero attached hydrogens (tertiary/aromatic N) is 1. The van der Waals surface area contributed by atoms with Crippen LogP contribution < -0.4 is 21.5 Å². The summed E-state index contributed by atoms with van der Waals surface area (Å²) in [5, 5.41) is 8.21. The molecule has 0 bridgehead atoms. The van der Waals surface area contributed by atoms with Gasteiger partial charge in [0, 0.05) is 17.8 Å². The van der Waals surface area contributed by atoms with Gasteiger partial charge in [-0.05, 0) is 49.7 Å². The van der Waals surface area contributed by atoms with Crippen LogP contribution in [0.1, 0.15) is 29.0 Å². The van der Waals surface area contributed by atoms with Crippen LogP contribution >= 0.6 is 0 Å². The summed E-state index contributed by atoms with van der Waals surface area (Å²) in [5.41, 5.74) is 2.58. The van der Waals surface area contributed by atoms with E-state index in [1.54, 1.807) is 6.07 Å². The Morgan fingerprint density at radius 3 is 2.58 bits per heavy atom. The number of hydrogen-bond donors (Lipinski definition) is 4. The van der Waals surface area contributed by atoms with Gasteiger partial charge in [-0.25, -0.2) is 4.39 Å². The molecule has 1 atom stereocenters. The molecule has 0 radical (unpaired) electrons. The second kappa shape index (κ2) is 8.02. The Hall–Kier alpha value is -4.01. The van der Waals surface area contributed by atoms with E-state index in [1.165, 1.54) is 24.3 Å². The lowest BCUT2D eigenvalue weighted by molar-refractivity contribution is -0.123. The van der Waals surface area contributed by atoms with Gasteiger partial charge < -0.3 is 16.0 Å². The Balaban J connectivity index is 1.64. The fourth-order valence-electron chi connectivity index (χ4n) is 3.50. The van der Waals surface area contributed by atoms with E-state index in [4.69, 9.17) is 0 Å². The van der Waals surface area contributed by atoms with Gasteiger partial charge in [0.1, 0.15) is 11.6 Å². The van der Waals surface area contributed by atoms with E-state index in [2.05, 4.69) is 25.9 Å². The number of carbonyl (C=O) groups is 2. The second-order valence-corrected chi connectivity index (χ2v) is 7.42. The lowest BCUT2D eigenvalue weighted by Gasteiger charge is -2.24. The van der Waals surface area contributed by atoms with Crippen LogP contribution in [0.3, 0.4) is 0 Å². The molecule has 4 rings (SSSR count). The Bertz CT molecular complexity index is 1240. The first-order chi connectivity index (χ1) is 14.8. The molecule has 2 amide bonds. The van der Waals surface area contributed by atoms with Crippen molar-refractivity contribution in [1.82, 2.24) is 9.97 Å². The molecule has 1 aromatic heterocycles. The largest absolute Gasteiger partial charge is 0.326 e. The van der Waals surface area contributed by atoms with Gasteiger partial charge in [-0.1, -0.05) is 17.7 Å². The molecule has 3 aromatic rings. The minimum atomic E-state index is -0.986. The highest BCUT2D eigenvalue weighted by molar-refractivity contribution is 6.04. The second-order valence-electron chi connectivity index (χ2n) is 7.42. The average Bonchev–Trinajstić information content (AvgIpc) is 2.71. The molecule has 8 nitrogen and oxygen atoms in total. The number of amides is 2. The standard InChI is InChI=1S/C22H20FN5O3/c1-11-3-8-16(12(2)9-11)25-20(30)15-10-17(29)26-19-18(15)21(31)28-22(27-19)24-14-6-4-13(23)5-7-14/h3-9,15H,10H2,1-2H3,(H,25,30)(H3,24,26,27,28,29,31)/t15-/m1/s1. The Morgan fingerprint density at radius 1 is 1.13 bits per heavy atom. The van der Waals surface area contributed by atoms with E-state index in [9.17, 15) is 18.8 Å². The number of nitrogens with one attached hydrogen (secondary N) is 4. The summed E-state index contributed by atoms with van der Waals surface area (Å²) in [5.74, 6) is -2.19. The van der Waals surface area contributed by atoms with Crippen molar-refractivity contribution in [3.63, 3.8) is 0 Å². The maximum atomic E-state index is 13.1. The van der Waals surface area contributed by atoms with E-state index in [-0.39, 0.29) is 23.8 Å². The van der Waals surface area contributed by atoms with E-state index in [1.807, 2.05) is 26.0 Å². The molecule has 31 heavy (non-hydrogen) atoms. The summed E-state index contributed by atoms with van der Waals surface area (Å²) in [4.78, 5) is 44.8. The molecule has 2 aromatic carbocycles. The van der Waals surface area contributed by atoms with Gasteiger partial charge in [0.15, 0.2) is 0 Å². The Labute approximate surface area is 176 Å². The smallest absolute Gasteiger partial charge is 0.258 e. The van der Waals surface area contributed by atoms with Crippen LogP contribution in [0, 0.1) is 19.7 Å². The van der Waals surface area contributed by atoms with Crippen LogP contribution in [0.15, 0.2) is 47.3 Å². The predicted molar refractivity (Wildman–Crippen MR) is 115 cm³/mol. The molecule has 0 spiro atoms. The molecule has 0 fully saturated rings. The van der Waals surface area contributed by atoms with Crippen molar-refractivity contribution in [2.45, 2.75) is 26.2 Å². The molecule has 0 saturated carbocycles. The number of anilines is 4. The third-order valence-electron chi connectivity index (χ3n) is 5.01. The van der Waals surface area contributed by atoms with Gasteiger partial charge in [-0.2, -0.15) is 4.98 Å². The van der Waals surface area contributed by atoms with Crippen molar-refractivity contribution in [1.29, 1.82) is 0 Å². The summed E-state index contributed by atoms with van der Waals surface area (Å²) < 4.78 is 13.1. The van der Waals surface area contributed by atoms with Crippen molar-refractivity contribution in [3.05, 3.63) is 75.3 Å². The molecule has 2 heterocycles. The molecule has 9 heteroatoms. The topological polar surface area (TPSA) is 116 Å². The number of benzene rings is 2. The Kier molecular flexibility index (Phi) is 5.24. The molecule has 0 unspecified atom stereocenters. The highest BCUT2D eigenvalue weighted by Crippen LogP contribution is 2.30. The van der Waals surface area contributed by atoms with Crippen LogP contribution in [-0.4, -0.2) is 21.8 Å². The number of carbonyl (C=O) groups excluding carboxylic acids is 2. The molecule has 0 saturated heterocycles. The van der Waals surface area contributed by atoms with Gasteiger partial charge >= 0.3 is 0 Å². The van der Waals surface area contributed by atoms with Crippen LogP contribution in [0.2, 0.25) is 0 Å².